The van der Waals surface area contributed by atoms with Crippen LogP contribution >= 0.6 is 11.3 Å². The number of thiazole rings is 1. The summed E-state index contributed by atoms with van der Waals surface area (Å²) in [6.45, 7) is 8.71. The summed E-state index contributed by atoms with van der Waals surface area (Å²) in [4.78, 5) is 15.8. The number of nitrogens with zero attached hydrogens (tertiary/aromatic N) is 1. The number of carbonyl (C=O) groups excluding carboxylic acids is 1. The molecule has 0 aromatic carbocycles. The molecule has 17 heavy (non-hydrogen) atoms. The van der Waals surface area contributed by atoms with Gasteiger partial charge in [-0.05, 0) is 6.92 Å². The largest absolute Gasteiger partial charge is 0.354 e. The Morgan fingerprint density at radius 3 is 2.71 bits per heavy atom. The second-order valence-corrected chi connectivity index (χ2v) is 6.08. The Labute approximate surface area is 107 Å². The third-order valence-corrected chi connectivity index (χ3v) is 3.60. The van der Waals surface area contributed by atoms with Crippen molar-refractivity contribution in [2.45, 2.75) is 45.6 Å². The van der Waals surface area contributed by atoms with E-state index in [1.165, 1.54) is 0 Å². The van der Waals surface area contributed by atoms with E-state index in [1.54, 1.807) is 18.3 Å². The number of rotatable bonds is 4. The van der Waals surface area contributed by atoms with Crippen LogP contribution < -0.4 is 11.1 Å². The minimum atomic E-state index is -0.449. The summed E-state index contributed by atoms with van der Waals surface area (Å²) in [5, 5.41) is 5.96. The Balaban J connectivity index is 2.43. The normalized spacial score (nSPS) is 13.5. The van der Waals surface area contributed by atoms with Crippen molar-refractivity contribution in [1.29, 1.82) is 0 Å². The zero-order valence-electron chi connectivity index (χ0n) is 10.9. The van der Waals surface area contributed by atoms with Crippen molar-refractivity contribution >= 4 is 17.2 Å². The van der Waals surface area contributed by atoms with Crippen molar-refractivity contribution in [2.24, 2.45) is 5.73 Å². The molecule has 1 rings (SSSR count). The summed E-state index contributed by atoms with van der Waals surface area (Å²) >= 11 is 1.67. The maximum atomic E-state index is 11.2. The third-order valence-electron chi connectivity index (χ3n) is 2.29. The number of carbonyl (C=O) groups is 1. The number of nitrogens with one attached hydrogen (secondary N) is 1. The van der Waals surface area contributed by atoms with Gasteiger partial charge in [-0.1, -0.05) is 20.8 Å². The molecule has 1 aromatic heterocycles. The standard InChI is InChI=1S/C12H21N3OS/c1-8(13)10(16)14-6-5-9-7-17-11(15-9)12(2,3)4/h7-8H,5-6,13H2,1-4H3,(H,14,16). The lowest BCUT2D eigenvalue weighted by molar-refractivity contribution is -0.121. The molecule has 1 unspecified atom stereocenters. The van der Waals surface area contributed by atoms with Gasteiger partial charge in [-0.3, -0.25) is 4.79 Å². The maximum Gasteiger partial charge on any atom is 0.236 e. The Kier molecular flexibility index (Phi) is 4.65. The Morgan fingerprint density at radius 1 is 1.59 bits per heavy atom. The van der Waals surface area contributed by atoms with E-state index in [1.807, 2.05) is 0 Å². The predicted octanol–water partition coefficient (Wildman–Crippen LogP) is 1.45. The first-order valence-electron chi connectivity index (χ1n) is 5.79. The highest BCUT2D eigenvalue weighted by atomic mass is 32.1. The quantitative estimate of drug-likeness (QED) is 0.855. The van der Waals surface area contributed by atoms with Gasteiger partial charge >= 0.3 is 0 Å². The first-order valence-corrected chi connectivity index (χ1v) is 6.67. The molecule has 0 aliphatic rings. The van der Waals surface area contributed by atoms with Gasteiger partial charge in [0.2, 0.25) is 5.91 Å². The van der Waals surface area contributed by atoms with Crippen LogP contribution in [0.4, 0.5) is 0 Å². The van der Waals surface area contributed by atoms with E-state index < -0.39 is 6.04 Å². The minimum absolute atomic E-state index is 0.0952. The molecule has 0 bridgehead atoms. The van der Waals surface area contributed by atoms with Crippen molar-refractivity contribution in [3.8, 4) is 0 Å². The molecular weight excluding hydrogens is 234 g/mol. The molecule has 1 amide bonds. The highest BCUT2D eigenvalue weighted by Crippen LogP contribution is 2.25. The number of amides is 1. The fraction of sp³-hybridized carbons (Fsp3) is 0.667. The molecule has 1 atom stereocenters. The van der Waals surface area contributed by atoms with E-state index in [4.69, 9.17) is 5.73 Å². The van der Waals surface area contributed by atoms with Crippen molar-refractivity contribution in [3.63, 3.8) is 0 Å². The van der Waals surface area contributed by atoms with Gasteiger partial charge in [0, 0.05) is 23.8 Å². The highest BCUT2D eigenvalue weighted by Gasteiger charge is 2.17. The summed E-state index contributed by atoms with van der Waals surface area (Å²) in [5.74, 6) is -0.115. The van der Waals surface area contributed by atoms with Gasteiger partial charge in [-0.15, -0.1) is 11.3 Å². The van der Waals surface area contributed by atoms with E-state index >= 15 is 0 Å². The zero-order valence-corrected chi connectivity index (χ0v) is 11.7. The molecule has 0 aliphatic carbocycles. The van der Waals surface area contributed by atoms with Crippen LogP contribution in [0, 0.1) is 0 Å². The molecule has 0 aliphatic heterocycles. The van der Waals surface area contributed by atoms with E-state index in [2.05, 4.69) is 36.5 Å². The van der Waals surface area contributed by atoms with Gasteiger partial charge in [-0.2, -0.15) is 0 Å². The molecular formula is C12H21N3OS. The highest BCUT2D eigenvalue weighted by molar-refractivity contribution is 7.09. The Bertz CT molecular complexity index is 379. The number of hydrogen-bond donors (Lipinski definition) is 2. The van der Waals surface area contributed by atoms with Crippen LogP contribution in [0.25, 0.3) is 0 Å². The lowest BCUT2D eigenvalue weighted by Crippen LogP contribution is -2.39. The lowest BCUT2D eigenvalue weighted by Gasteiger charge is -2.13. The molecule has 96 valence electrons. The summed E-state index contributed by atoms with van der Waals surface area (Å²) in [6, 6.07) is -0.449. The molecule has 5 heteroatoms. The second kappa shape index (κ2) is 5.60. The van der Waals surface area contributed by atoms with Crippen LogP contribution in [0.5, 0.6) is 0 Å². The van der Waals surface area contributed by atoms with E-state index in [0.717, 1.165) is 17.1 Å². The van der Waals surface area contributed by atoms with Crippen molar-refractivity contribution < 1.29 is 4.79 Å². The van der Waals surface area contributed by atoms with Crippen LogP contribution in [0.3, 0.4) is 0 Å². The van der Waals surface area contributed by atoms with Crippen LogP contribution in [0.15, 0.2) is 5.38 Å². The van der Waals surface area contributed by atoms with E-state index in [0.29, 0.717) is 6.54 Å². The molecule has 1 aromatic rings. The summed E-state index contributed by atoms with van der Waals surface area (Å²) in [5.41, 5.74) is 6.58. The van der Waals surface area contributed by atoms with Gasteiger partial charge in [0.25, 0.3) is 0 Å². The Hall–Kier alpha value is -0.940. The molecule has 0 fully saturated rings. The molecule has 0 saturated heterocycles. The summed E-state index contributed by atoms with van der Waals surface area (Å²) in [7, 11) is 0. The summed E-state index contributed by atoms with van der Waals surface area (Å²) in [6.07, 6.45) is 0.755. The fourth-order valence-electron chi connectivity index (χ4n) is 1.24. The average molecular weight is 255 g/mol. The minimum Gasteiger partial charge on any atom is -0.354 e. The summed E-state index contributed by atoms with van der Waals surface area (Å²) < 4.78 is 0. The van der Waals surface area contributed by atoms with Crippen molar-refractivity contribution in [2.75, 3.05) is 6.54 Å². The van der Waals surface area contributed by atoms with Gasteiger partial charge in [0.15, 0.2) is 0 Å². The smallest absolute Gasteiger partial charge is 0.236 e. The molecule has 1 heterocycles. The molecule has 0 radical (unpaired) electrons. The fourth-order valence-corrected chi connectivity index (χ4v) is 2.18. The zero-order chi connectivity index (χ0) is 13.1. The van der Waals surface area contributed by atoms with E-state index in [-0.39, 0.29) is 11.3 Å². The van der Waals surface area contributed by atoms with Crippen LogP contribution in [-0.4, -0.2) is 23.5 Å². The topological polar surface area (TPSA) is 68.0 Å². The maximum absolute atomic E-state index is 11.2. The van der Waals surface area contributed by atoms with Crippen LogP contribution in [0.1, 0.15) is 38.4 Å². The molecule has 3 N–H and O–H groups in total. The first kappa shape index (κ1) is 14.1. The molecule has 0 spiro atoms. The first-order chi connectivity index (χ1) is 7.80. The van der Waals surface area contributed by atoms with Crippen LogP contribution in [-0.2, 0) is 16.6 Å². The monoisotopic (exact) mass is 255 g/mol. The van der Waals surface area contributed by atoms with Crippen molar-refractivity contribution in [3.05, 3.63) is 16.1 Å². The number of aromatic nitrogens is 1. The third kappa shape index (κ3) is 4.44. The van der Waals surface area contributed by atoms with Crippen molar-refractivity contribution in [1.82, 2.24) is 10.3 Å². The SMILES string of the molecule is CC(N)C(=O)NCCc1csc(C(C)(C)C)n1. The average Bonchev–Trinajstić information content (AvgIpc) is 2.65. The predicted molar refractivity (Wildman–Crippen MR) is 71.2 cm³/mol. The Morgan fingerprint density at radius 2 is 2.24 bits per heavy atom. The molecule has 4 nitrogen and oxygen atoms in total. The van der Waals surface area contributed by atoms with Crippen LogP contribution in [0.2, 0.25) is 0 Å². The van der Waals surface area contributed by atoms with Gasteiger partial charge in [0.1, 0.15) is 0 Å². The lowest BCUT2D eigenvalue weighted by atomic mass is 9.98. The van der Waals surface area contributed by atoms with Gasteiger partial charge in [0.05, 0.1) is 16.7 Å². The molecule has 0 saturated carbocycles. The number of nitrogens with two attached hydrogens (primary N) is 1. The van der Waals surface area contributed by atoms with E-state index in [9.17, 15) is 4.79 Å². The van der Waals surface area contributed by atoms with Gasteiger partial charge < -0.3 is 11.1 Å². The number of hydrogen-bond acceptors (Lipinski definition) is 4. The van der Waals surface area contributed by atoms with Gasteiger partial charge in [-0.25, -0.2) is 4.98 Å². The second-order valence-electron chi connectivity index (χ2n) is 5.22.